The molecule has 1 saturated heterocycles. The van der Waals surface area contributed by atoms with E-state index in [0.717, 1.165) is 18.7 Å². The number of anilines is 1. The summed E-state index contributed by atoms with van der Waals surface area (Å²) >= 11 is 0. The molecule has 1 fully saturated rings. The number of hydrogen-bond donors (Lipinski definition) is 3. The minimum Gasteiger partial charge on any atom is -0.338 e. The van der Waals surface area contributed by atoms with Crippen LogP contribution >= 0.6 is 0 Å². The lowest BCUT2D eigenvalue weighted by molar-refractivity contribution is -0.137. The molecule has 4 N–H and O–H groups in total. The van der Waals surface area contributed by atoms with Crippen molar-refractivity contribution < 1.29 is 9.59 Å². The number of urea groups is 1. The number of rotatable bonds is 7. The molecule has 1 aliphatic heterocycles. The highest BCUT2D eigenvalue weighted by Gasteiger charge is 2.31. The first-order valence-corrected chi connectivity index (χ1v) is 11.6. The number of piperazine rings is 1. The molecule has 184 valence electrons. The summed E-state index contributed by atoms with van der Waals surface area (Å²) in [5, 5.41) is 6.06. The van der Waals surface area contributed by atoms with E-state index in [0.29, 0.717) is 37.8 Å². The highest BCUT2D eigenvalue weighted by Crippen LogP contribution is 2.12. The van der Waals surface area contributed by atoms with Crippen LogP contribution in [0.2, 0.25) is 0 Å². The van der Waals surface area contributed by atoms with Gasteiger partial charge in [0.2, 0.25) is 5.91 Å². The van der Waals surface area contributed by atoms with E-state index in [2.05, 4.69) is 29.5 Å². The number of carbonyl (C=O) groups excluding carboxylic acids is 2. The Bertz CT molecular complexity index is 1050. The summed E-state index contributed by atoms with van der Waals surface area (Å²) in [6.45, 7) is 10.9. The third-order valence-electron chi connectivity index (χ3n) is 5.54. The molecule has 0 aliphatic carbocycles. The van der Waals surface area contributed by atoms with Gasteiger partial charge in [-0.05, 0) is 50.1 Å². The Labute approximate surface area is 200 Å². The van der Waals surface area contributed by atoms with E-state index in [9.17, 15) is 14.4 Å². The number of carbonyl (C=O) groups is 2. The normalized spacial score (nSPS) is 14.4. The fourth-order valence-corrected chi connectivity index (χ4v) is 3.66. The van der Waals surface area contributed by atoms with Crippen LogP contribution in [0.25, 0.3) is 5.69 Å². The first-order chi connectivity index (χ1) is 16.0. The molecule has 3 amide bonds. The van der Waals surface area contributed by atoms with Crippen molar-refractivity contribution in [3.8, 4) is 5.69 Å². The second-order valence-electron chi connectivity index (χ2n) is 9.59. The van der Waals surface area contributed by atoms with Gasteiger partial charge in [-0.25, -0.2) is 9.59 Å². The van der Waals surface area contributed by atoms with Crippen LogP contribution in [0.15, 0.2) is 41.3 Å². The summed E-state index contributed by atoms with van der Waals surface area (Å²) in [6.07, 6.45) is 1.59. The molecule has 3 rings (SSSR count). The summed E-state index contributed by atoms with van der Waals surface area (Å²) in [5.41, 5.74) is 6.29. The molecule has 2 heterocycles. The molecular formula is C24H35N7O3. The molecule has 0 bridgehead atoms. The van der Waals surface area contributed by atoms with Crippen molar-refractivity contribution in [2.45, 2.75) is 39.8 Å². The van der Waals surface area contributed by atoms with Gasteiger partial charge in [-0.3, -0.25) is 14.7 Å². The van der Waals surface area contributed by atoms with Gasteiger partial charge in [-0.15, -0.1) is 0 Å². The third-order valence-corrected chi connectivity index (χ3v) is 5.54. The monoisotopic (exact) mass is 469 g/mol. The summed E-state index contributed by atoms with van der Waals surface area (Å²) in [4.78, 5) is 44.7. The van der Waals surface area contributed by atoms with Crippen LogP contribution in [0.3, 0.4) is 0 Å². The fourth-order valence-electron chi connectivity index (χ4n) is 3.66. The highest BCUT2D eigenvalue weighted by molar-refractivity contribution is 5.89. The van der Waals surface area contributed by atoms with Gasteiger partial charge < -0.3 is 20.9 Å². The molecule has 0 unspecified atom stereocenters. The van der Waals surface area contributed by atoms with Crippen LogP contribution in [0.1, 0.15) is 33.3 Å². The maximum absolute atomic E-state index is 12.6. The van der Waals surface area contributed by atoms with Crippen LogP contribution in [-0.2, 0) is 11.3 Å². The van der Waals surface area contributed by atoms with Crippen molar-refractivity contribution in [3.63, 3.8) is 0 Å². The predicted octanol–water partition coefficient (Wildman–Crippen LogP) is 1.39. The maximum atomic E-state index is 12.6. The molecular weight excluding hydrogens is 434 g/mol. The average molecular weight is 470 g/mol. The molecule has 1 aromatic heterocycles. The minimum atomic E-state index is -0.941. The number of benzene rings is 1. The Morgan fingerprint density at radius 1 is 1.06 bits per heavy atom. The van der Waals surface area contributed by atoms with Gasteiger partial charge in [-0.2, -0.15) is 4.98 Å². The number of aromatic nitrogens is 2. The van der Waals surface area contributed by atoms with E-state index in [-0.39, 0.29) is 17.8 Å². The van der Waals surface area contributed by atoms with Crippen molar-refractivity contribution >= 4 is 17.8 Å². The topological polar surface area (TPSA) is 126 Å². The Morgan fingerprint density at radius 2 is 1.68 bits per heavy atom. The zero-order chi connectivity index (χ0) is 24.9. The molecule has 0 atom stereocenters. The zero-order valence-corrected chi connectivity index (χ0v) is 20.4. The number of nitrogens with two attached hydrogens (primary N) is 1. The molecule has 0 spiro atoms. The molecule has 1 aliphatic rings. The lowest BCUT2D eigenvalue weighted by Gasteiger charge is -2.37. The quantitative estimate of drug-likeness (QED) is 0.563. The van der Waals surface area contributed by atoms with Gasteiger partial charge in [0.1, 0.15) is 5.82 Å². The second kappa shape index (κ2) is 10.8. The van der Waals surface area contributed by atoms with Crippen LogP contribution < -0.4 is 22.1 Å². The van der Waals surface area contributed by atoms with E-state index >= 15 is 0 Å². The largest absolute Gasteiger partial charge is 0.354 e. The van der Waals surface area contributed by atoms with Gasteiger partial charge in [0.05, 0.1) is 11.2 Å². The van der Waals surface area contributed by atoms with E-state index in [4.69, 9.17) is 5.73 Å². The van der Waals surface area contributed by atoms with E-state index in [1.165, 1.54) is 4.57 Å². The average Bonchev–Trinajstić information content (AvgIpc) is 2.78. The number of hydrogen-bond acceptors (Lipinski definition) is 6. The Hall–Kier alpha value is -3.24. The van der Waals surface area contributed by atoms with Gasteiger partial charge >= 0.3 is 11.7 Å². The van der Waals surface area contributed by atoms with Crippen LogP contribution in [0.4, 0.5) is 10.6 Å². The number of nitrogens with zero attached hydrogens (tertiary/aromatic N) is 4. The molecule has 0 saturated carbocycles. The van der Waals surface area contributed by atoms with Gasteiger partial charge in [0, 0.05) is 38.9 Å². The maximum Gasteiger partial charge on any atom is 0.354 e. The standard InChI is InChI=1S/C24H35N7O3/c1-17(2)15-26-16-18-5-7-19(8-6-18)31-10-9-20(28-23(31)34)27-22(33)30-13-11-29(12-14-30)21(32)24(3,4)25/h5-10,17,26H,11-16,25H2,1-4H3,(H,27,28,33,34). The van der Waals surface area contributed by atoms with Crippen molar-refractivity contribution in [1.82, 2.24) is 24.7 Å². The van der Waals surface area contributed by atoms with Crippen molar-refractivity contribution in [1.29, 1.82) is 0 Å². The Balaban J connectivity index is 1.57. The van der Waals surface area contributed by atoms with E-state index in [1.54, 1.807) is 35.9 Å². The Morgan fingerprint density at radius 3 is 2.24 bits per heavy atom. The third kappa shape index (κ3) is 6.64. The first kappa shape index (κ1) is 25.4. The van der Waals surface area contributed by atoms with E-state index in [1.807, 2.05) is 24.3 Å². The van der Waals surface area contributed by atoms with Crippen molar-refractivity contribution in [2.24, 2.45) is 11.7 Å². The number of nitrogens with one attached hydrogen (secondary N) is 2. The molecule has 2 aromatic rings. The number of amides is 3. The molecule has 34 heavy (non-hydrogen) atoms. The smallest absolute Gasteiger partial charge is 0.338 e. The predicted molar refractivity (Wildman–Crippen MR) is 132 cm³/mol. The summed E-state index contributed by atoms with van der Waals surface area (Å²) in [7, 11) is 0. The molecule has 10 heteroatoms. The fraction of sp³-hybridized carbons (Fsp3) is 0.500. The van der Waals surface area contributed by atoms with Crippen LogP contribution in [0.5, 0.6) is 0 Å². The molecule has 10 nitrogen and oxygen atoms in total. The minimum absolute atomic E-state index is 0.141. The van der Waals surface area contributed by atoms with Crippen LogP contribution in [0, 0.1) is 5.92 Å². The van der Waals surface area contributed by atoms with Gasteiger partial charge in [0.25, 0.3) is 0 Å². The van der Waals surface area contributed by atoms with Crippen molar-refractivity contribution in [2.75, 3.05) is 38.0 Å². The summed E-state index contributed by atoms with van der Waals surface area (Å²) < 4.78 is 1.43. The molecule has 1 aromatic carbocycles. The summed E-state index contributed by atoms with van der Waals surface area (Å²) in [6, 6.07) is 8.92. The van der Waals surface area contributed by atoms with E-state index < -0.39 is 11.2 Å². The summed E-state index contributed by atoms with van der Waals surface area (Å²) in [5.74, 6) is 0.625. The molecule has 0 radical (unpaired) electrons. The van der Waals surface area contributed by atoms with Crippen molar-refractivity contribution in [3.05, 3.63) is 52.6 Å². The zero-order valence-electron chi connectivity index (χ0n) is 20.4. The second-order valence-corrected chi connectivity index (χ2v) is 9.59. The van der Waals surface area contributed by atoms with Gasteiger partial charge in [-0.1, -0.05) is 26.0 Å². The van der Waals surface area contributed by atoms with Gasteiger partial charge in [0.15, 0.2) is 0 Å². The Kier molecular flexibility index (Phi) is 8.06. The lowest BCUT2D eigenvalue weighted by Crippen LogP contribution is -2.58. The SMILES string of the molecule is CC(C)CNCc1ccc(-n2ccc(NC(=O)N3CCN(C(=O)C(C)(C)N)CC3)nc2=O)cc1. The first-order valence-electron chi connectivity index (χ1n) is 11.6. The lowest BCUT2D eigenvalue weighted by atomic mass is 10.1. The highest BCUT2D eigenvalue weighted by atomic mass is 16.2. The van der Waals surface area contributed by atoms with Crippen LogP contribution in [-0.4, -0.2) is 69.6 Å².